The zero-order valence-corrected chi connectivity index (χ0v) is 14.6. The third-order valence-electron chi connectivity index (χ3n) is 3.71. The summed E-state index contributed by atoms with van der Waals surface area (Å²) in [5, 5.41) is 3.86. The van der Waals surface area contributed by atoms with E-state index in [-0.39, 0.29) is 0 Å². The average molecular weight is 358 g/mol. The third kappa shape index (κ3) is 3.55. The molecule has 0 amide bonds. The number of aryl methyl sites for hydroxylation is 1. The SMILES string of the molecule is CC[Se]CCc1c[nH]c2cccc(OCc3ccccc3)c12. The van der Waals surface area contributed by atoms with Crippen LogP contribution in [0.15, 0.2) is 54.7 Å². The van der Waals surface area contributed by atoms with Crippen LogP contribution >= 0.6 is 0 Å². The second-order valence-electron chi connectivity index (χ2n) is 5.21. The minimum absolute atomic E-state index is 0.615. The fourth-order valence-electron chi connectivity index (χ4n) is 2.60. The van der Waals surface area contributed by atoms with Crippen molar-refractivity contribution < 1.29 is 4.74 Å². The number of aromatic amines is 1. The maximum absolute atomic E-state index is 6.10. The van der Waals surface area contributed by atoms with E-state index in [0.717, 1.165) is 27.1 Å². The van der Waals surface area contributed by atoms with Crippen molar-refractivity contribution in [3.63, 3.8) is 0 Å². The minimum atomic E-state index is 0.615. The Morgan fingerprint density at radius 1 is 1.05 bits per heavy atom. The molecule has 0 saturated heterocycles. The van der Waals surface area contributed by atoms with Crippen LogP contribution in [0.2, 0.25) is 10.6 Å². The summed E-state index contributed by atoms with van der Waals surface area (Å²) in [5.41, 5.74) is 3.75. The van der Waals surface area contributed by atoms with Crippen molar-refractivity contribution in [3.05, 3.63) is 65.9 Å². The molecular weight excluding hydrogens is 337 g/mol. The number of nitrogens with one attached hydrogen (secondary N) is 1. The van der Waals surface area contributed by atoms with Crippen LogP contribution in [0.1, 0.15) is 18.1 Å². The van der Waals surface area contributed by atoms with Crippen molar-refractivity contribution in [1.82, 2.24) is 4.98 Å². The Morgan fingerprint density at radius 3 is 2.73 bits per heavy atom. The molecule has 0 saturated carbocycles. The molecule has 3 aromatic rings. The van der Waals surface area contributed by atoms with Gasteiger partial charge in [0.15, 0.2) is 0 Å². The standard InChI is InChI=1S/C19H21NOSe/c1-2-22-12-11-16-13-20-17-9-6-10-18(19(16)17)21-14-15-7-4-3-5-8-15/h3-10,13,20H,2,11-12,14H2,1H3. The molecule has 0 aliphatic carbocycles. The molecule has 1 heterocycles. The van der Waals surface area contributed by atoms with Gasteiger partial charge in [-0.15, -0.1) is 0 Å². The molecule has 1 aromatic heterocycles. The first-order valence-corrected chi connectivity index (χ1v) is 10.1. The molecule has 0 bridgehead atoms. The molecule has 0 radical (unpaired) electrons. The molecule has 0 spiro atoms. The Kier molecular flexibility index (Phi) is 5.20. The van der Waals surface area contributed by atoms with Crippen molar-refractivity contribution in [3.8, 4) is 5.75 Å². The summed E-state index contributed by atoms with van der Waals surface area (Å²) in [6, 6.07) is 16.6. The molecule has 3 rings (SSSR count). The second kappa shape index (κ2) is 7.53. The van der Waals surface area contributed by atoms with Crippen LogP contribution in [-0.2, 0) is 13.0 Å². The summed E-state index contributed by atoms with van der Waals surface area (Å²) in [7, 11) is 0. The van der Waals surface area contributed by atoms with Crippen LogP contribution in [0, 0.1) is 0 Å². The van der Waals surface area contributed by atoms with Gasteiger partial charge in [-0.1, -0.05) is 0 Å². The summed E-state index contributed by atoms with van der Waals surface area (Å²) in [5.74, 6) is 0.988. The number of fused-ring (bicyclic) bond motifs is 1. The Balaban J connectivity index is 1.80. The topological polar surface area (TPSA) is 25.0 Å². The van der Waals surface area contributed by atoms with Crippen molar-refractivity contribution in [2.24, 2.45) is 0 Å². The van der Waals surface area contributed by atoms with Gasteiger partial charge in [0, 0.05) is 0 Å². The summed E-state index contributed by atoms with van der Waals surface area (Å²) >= 11 is 0.753. The van der Waals surface area contributed by atoms with Crippen LogP contribution in [-0.4, -0.2) is 19.9 Å². The number of rotatable bonds is 7. The third-order valence-corrected chi connectivity index (χ3v) is 5.60. The van der Waals surface area contributed by atoms with Gasteiger partial charge in [0.2, 0.25) is 0 Å². The van der Waals surface area contributed by atoms with Gasteiger partial charge in [-0.25, -0.2) is 0 Å². The molecule has 0 aliphatic heterocycles. The molecule has 3 heteroatoms. The number of hydrogen-bond donors (Lipinski definition) is 1. The normalized spacial score (nSPS) is 11.0. The number of ether oxygens (including phenoxy) is 1. The van der Waals surface area contributed by atoms with Crippen molar-refractivity contribution >= 4 is 25.9 Å². The van der Waals surface area contributed by atoms with Gasteiger partial charge in [-0.3, -0.25) is 0 Å². The van der Waals surface area contributed by atoms with Crippen LogP contribution < -0.4 is 4.74 Å². The van der Waals surface area contributed by atoms with Crippen molar-refractivity contribution in [1.29, 1.82) is 0 Å². The molecule has 0 atom stereocenters. The fourth-order valence-corrected chi connectivity index (χ4v) is 3.97. The molecular formula is C19H21NOSe. The molecule has 2 nitrogen and oxygen atoms in total. The van der Waals surface area contributed by atoms with E-state index in [1.54, 1.807) is 0 Å². The first kappa shape index (κ1) is 15.2. The molecule has 0 unspecified atom stereocenters. The van der Waals surface area contributed by atoms with Crippen LogP contribution in [0.3, 0.4) is 0 Å². The molecule has 0 aliphatic rings. The van der Waals surface area contributed by atoms with E-state index < -0.39 is 0 Å². The first-order valence-electron chi connectivity index (χ1n) is 7.72. The summed E-state index contributed by atoms with van der Waals surface area (Å²) in [6.45, 7) is 2.88. The van der Waals surface area contributed by atoms with E-state index in [9.17, 15) is 0 Å². The molecule has 114 valence electrons. The number of aromatic nitrogens is 1. The van der Waals surface area contributed by atoms with E-state index >= 15 is 0 Å². The van der Waals surface area contributed by atoms with Gasteiger partial charge in [-0.05, 0) is 0 Å². The Hall–Kier alpha value is -1.70. The molecule has 2 aromatic carbocycles. The molecule has 1 N–H and O–H groups in total. The number of H-pyrrole nitrogens is 1. The number of hydrogen-bond acceptors (Lipinski definition) is 1. The first-order chi connectivity index (χ1) is 10.9. The fraction of sp³-hybridized carbons (Fsp3) is 0.263. The average Bonchev–Trinajstić information content (AvgIpc) is 2.98. The summed E-state index contributed by atoms with van der Waals surface area (Å²) in [4.78, 5) is 3.38. The number of benzene rings is 2. The zero-order valence-electron chi connectivity index (χ0n) is 12.8. The van der Waals surface area contributed by atoms with Crippen LogP contribution in [0.4, 0.5) is 0 Å². The van der Waals surface area contributed by atoms with E-state index in [2.05, 4.69) is 48.4 Å². The van der Waals surface area contributed by atoms with Crippen LogP contribution in [0.5, 0.6) is 5.75 Å². The molecule has 22 heavy (non-hydrogen) atoms. The Morgan fingerprint density at radius 2 is 1.91 bits per heavy atom. The van der Waals surface area contributed by atoms with E-state index in [0.29, 0.717) is 6.61 Å². The molecule has 0 fully saturated rings. The maximum atomic E-state index is 6.10. The summed E-state index contributed by atoms with van der Waals surface area (Å²) in [6.07, 6.45) is 3.28. The zero-order chi connectivity index (χ0) is 15.2. The summed E-state index contributed by atoms with van der Waals surface area (Å²) < 4.78 is 6.10. The Bertz CT molecular complexity index is 721. The van der Waals surface area contributed by atoms with Gasteiger partial charge < -0.3 is 0 Å². The van der Waals surface area contributed by atoms with Gasteiger partial charge in [-0.2, -0.15) is 0 Å². The quantitative estimate of drug-likeness (QED) is 0.474. The van der Waals surface area contributed by atoms with Crippen molar-refractivity contribution in [2.45, 2.75) is 30.6 Å². The van der Waals surface area contributed by atoms with Crippen LogP contribution in [0.25, 0.3) is 10.9 Å². The van der Waals surface area contributed by atoms with E-state index in [4.69, 9.17) is 4.74 Å². The van der Waals surface area contributed by atoms with Gasteiger partial charge >= 0.3 is 138 Å². The van der Waals surface area contributed by atoms with Crippen molar-refractivity contribution in [2.75, 3.05) is 0 Å². The predicted octanol–water partition coefficient (Wildman–Crippen LogP) is 4.85. The van der Waals surface area contributed by atoms with Gasteiger partial charge in [0.1, 0.15) is 0 Å². The van der Waals surface area contributed by atoms with Gasteiger partial charge in [0.05, 0.1) is 0 Å². The predicted molar refractivity (Wildman–Crippen MR) is 93.8 cm³/mol. The van der Waals surface area contributed by atoms with E-state index in [1.807, 2.05) is 18.2 Å². The van der Waals surface area contributed by atoms with Gasteiger partial charge in [0.25, 0.3) is 0 Å². The monoisotopic (exact) mass is 359 g/mol. The van der Waals surface area contributed by atoms with E-state index in [1.165, 1.54) is 32.7 Å². The second-order valence-corrected chi connectivity index (χ2v) is 8.14. The Labute approximate surface area is 138 Å².